The van der Waals surface area contributed by atoms with Crippen LogP contribution in [0.25, 0.3) is 0 Å². The van der Waals surface area contributed by atoms with Crippen LogP contribution in [0.15, 0.2) is 12.7 Å². The number of rotatable bonds is 6. The molecule has 3 heteroatoms. The van der Waals surface area contributed by atoms with Crippen molar-refractivity contribution in [3.63, 3.8) is 0 Å². The smallest absolute Gasteiger partial charge is 0.230 e. The maximum absolute atomic E-state index is 11.7. The largest absolute Gasteiger partial charge is 0.353 e. The van der Waals surface area contributed by atoms with E-state index in [1.807, 2.05) is 6.08 Å². The van der Waals surface area contributed by atoms with Gasteiger partial charge in [0.15, 0.2) is 0 Å². The van der Waals surface area contributed by atoms with Crippen LogP contribution in [0.2, 0.25) is 0 Å². The van der Waals surface area contributed by atoms with Crippen LogP contribution < -0.4 is 5.32 Å². The van der Waals surface area contributed by atoms with E-state index in [1.54, 1.807) is 11.8 Å². The molecule has 4 unspecified atom stereocenters. The second-order valence-electron chi connectivity index (χ2n) is 5.50. The Morgan fingerprint density at radius 1 is 1.53 bits per heavy atom. The Morgan fingerprint density at radius 2 is 2.35 bits per heavy atom. The molecule has 4 atom stereocenters. The summed E-state index contributed by atoms with van der Waals surface area (Å²) in [6.07, 6.45) is 7.41. The molecule has 17 heavy (non-hydrogen) atoms. The van der Waals surface area contributed by atoms with Crippen molar-refractivity contribution in [2.24, 2.45) is 17.8 Å². The summed E-state index contributed by atoms with van der Waals surface area (Å²) in [7, 11) is 0. The van der Waals surface area contributed by atoms with Gasteiger partial charge in [0.25, 0.3) is 0 Å². The maximum atomic E-state index is 11.7. The molecule has 2 aliphatic rings. The summed E-state index contributed by atoms with van der Waals surface area (Å²) >= 11 is 1.63. The summed E-state index contributed by atoms with van der Waals surface area (Å²) in [5.41, 5.74) is 0. The number of hydrogen-bond acceptors (Lipinski definition) is 2. The minimum absolute atomic E-state index is 0.187. The number of hydrogen-bond donors (Lipinski definition) is 1. The molecule has 1 amide bonds. The van der Waals surface area contributed by atoms with Gasteiger partial charge in [0.1, 0.15) is 0 Å². The first-order valence-corrected chi connectivity index (χ1v) is 7.84. The van der Waals surface area contributed by atoms with Crippen molar-refractivity contribution in [2.45, 2.75) is 38.6 Å². The first-order chi connectivity index (χ1) is 8.20. The number of nitrogens with one attached hydrogen (secondary N) is 1. The van der Waals surface area contributed by atoms with Gasteiger partial charge in [0.2, 0.25) is 5.91 Å². The maximum Gasteiger partial charge on any atom is 0.230 e. The number of amides is 1. The summed E-state index contributed by atoms with van der Waals surface area (Å²) in [6, 6.07) is 0.363. The third-order valence-electron chi connectivity index (χ3n) is 4.29. The van der Waals surface area contributed by atoms with Crippen molar-refractivity contribution in [1.82, 2.24) is 5.32 Å². The van der Waals surface area contributed by atoms with Crippen LogP contribution >= 0.6 is 11.8 Å². The number of carbonyl (C=O) groups excluding carboxylic acids is 1. The van der Waals surface area contributed by atoms with Gasteiger partial charge in [-0.25, -0.2) is 0 Å². The highest BCUT2D eigenvalue weighted by Crippen LogP contribution is 2.49. The van der Waals surface area contributed by atoms with Crippen molar-refractivity contribution in [3.8, 4) is 0 Å². The van der Waals surface area contributed by atoms with E-state index in [2.05, 4.69) is 18.8 Å². The molecule has 0 saturated heterocycles. The third-order valence-corrected chi connectivity index (χ3v) is 5.23. The van der Waals surface area contributed by atoms with Crippen LogP contribution in [0.4, 0.5) is 0 Å². The molecule has 0 aromatic carbocycles. The molecule has 0 heterocycles. The van der Waals surface area contributed by atoms with Gasteiger partial charge in [0.05, 0.1) is 5.75 Å². The van der Waals surface area contributed by atoms with Gasteiger partial charge >= 0.3 is 0 Å². The number of carbonyl (C=O) groups is 1. The molecule has 0 aliphatic heterocycles. The molecular formula is C14H23NOS. The van der Waals surface area contributed by atoms with Crippen molar-refractivity contribution in [2.75, 3.05) is 11.5 Å². The van der Waals surface area contributed by atoms with E-state index in [1.165, 1.54) is 25.7 Å². The monoisotopic (exact) mass is 253 g/mol. The number of fused-ring (bicyclic) bond motifs is 2. The molecule has 2 rings (SSSR count). The summed E-state index contributed by atoms with van der Waals surface area (Å²) < 4.78 is 0. The Morgan fingerprint density at radius 3 is 2.94 bits per heavy atom. The second-order valence-corrected chi connectivity index (χ2v) is 6.53. The van der Waals surface area contributed by atoms with Gasteiger partial charge in [-0.3, -0.25) is 4.79 Å². The quantitative estimate of drug-likeness (QED) is 0.582. The molecule has 2 nitrogen and oxygen atoms in total. The molecule has 0 aromatic heterocycles. The predicted octanol–water partition coefficient (Wildman–Crippen LogP) is 2.85. The average Bonchev–Trinajstić information content (AvgIpc) is 2.91. The van der Waals surface area contributed by atoms with E-state index in [9.17, 15) is 4.79 Å². The van der Waals surface area contributed by atoms with Crippen LogP contribution in [0.1, 0.15) is 32.6 Å². The van der Waals surface area contributed by atoms with Gasteiger partial charge in [-0.2, -0.15) is 0 Å². The first kappa shape index (κ1) is 13.0. The van der Waals surface area contributed by atoms with Gasteiger partial charge in [-0.1, -0.05) is 12.5 Å². The van der Waals surface area contributed by atoms with Gasteiger partial charge in [-0.05, 0) is 43.9 Å². The summed E-state index contributed by atoms with van der Waals surface area (Å²) in [5, 5.41) is 3.17. The minimum atomic E-state index is 0.187. The molecule has 0 spiro atoms. The average molecular weight is 253 g/mol. The molecule has 2 bridgehead atoms. The molecule has 2 fully saturated rings. The van der Waals surface area contributed by atoms with Crippen molar-refractivity contribution >= 4 is 17.7 Å². The zero-order chi connectivity index (χ0) is 12.3. The molecule has 1 N–H and O–H groups in total. The van der Waals surface area contributed by atoms with Crippen LogP contribution in [0.5, 0.6) is 0 Å². The molecule has 0 aromatic rings. The lowest BCUT2D eigenvalue weighted by Gasteiger charge is -2.28. The predicted molar refractivity (Wildman–Crippen MR) is 74.1 cm³/mol. The van der Waals surface area contributed by atoms with Gasteiger partial charge in [-0.15, -0.1) is 18.3 Å². The highest BCUT2D eigenvalue weighted by Gasteiger charge is 2.41. The molecule has 96 valence electrons. The van der Waals surface area contributed by atoms with Crippen molar-refractivity contribution in [1.29, 1.82) is 0 Å². The molecule has 2 saturated carbocycles. The Balaban J connectivity index is 1.71. The van der Waals surface area contributed by atoms with Crippen molar-refractivity contribution in [3.05, 3.63) is 12.7 Å². The normalized spacial score (nSPS) is 32.4. The van der Waals surface area contributed by atoms with Crippen LogP contribution in [0.3, 0.4) is 0 Å². The minimum Gasteiger partial charge on any atom is -0.353 e. The van der Waals surface area contributed by atoms with Crippen LogP contribution in [-0.4, -0.2) is 23.5 Å². The van der Waals surface area contributed by atoms with E-state index < -0.39 is 0 Å². The standard InChI is InChI=1S/C14H23NOS/c1-3-6-17-9-14(16)15-10(2)13-8-11-4-5-12(13)7-11/h3,10-13H,1,4-9H2,2H3,(H,15,16). The Kier molecular flexibility index (Phi) is 4.55. The topological polar surface area (TPSA) is 29.1 Å². The first-order valence-electron chi connectivity index (χ1n) is 6.68. The van der Waals surface area contributed by atoms with Crippen LogP contribution in [0, 0.1) is 17.8 Å². The molecule has 0 radical (unpaired) electrons. The third kappa shape index (κ3) is 3.27. The van der Waals surface area contributed by atoms with Gasteiger partial charge < -0.3 is 5.32 Å². The summed E-state index contributed by atoms with van der Waals surface area (Å²) in [5.74, 6) is 4.19. The van der Waals surface area contributed by atoms with Gasteiger partial charge in [0, 0.05) is 11.8 Å². The fourth-order valence-corrected chi connectivity index (χ4v) is 4.10. The SMILES string of the molecule is C=CCSCC(=O)NC(C)C1CC2CCC1C2. The fourth-order valence-electron chi connectivity index (χ4n) is 3.54. The lowest BCUT2D eigenvalue weighted by atomic mass is 9.84. The highest BCUT2D eigenvalue weighted by atomic mass is 32.2. The van der Waals surface area contributed by atoms with E-state index in [-0.39, 0.29) is 5.91 Å². The second kappa shape index (κ2) is 5.94. The van der Waals surface area contributed by atoms with Crippen LogP contribution in [-0.2, 0) is 4.79 Å². The summed E-state index contributed by atoms with van der Waals surface area (Å²) in [6.45, 7) is 5.84. The number of thioether (sulfide) groups is 1. The molecule has 2 aliphatic carbocycles. The Bertz CT molecular complexity index is 292. The van der Waals surface area contributed by atoms with E-state index >= 15 is 0 Å². The Labute approximate surface area is 109 Å². The summed E-state index contributed by atoms with van der Waals surface area (Å²) in [4.78, 5) is 11.7. The van der Waals surface area contributed by atoms with E-state index in [4.69, 9.17) is 0 Å². The lowest BCUT2D eigenvalue weighted by molar-refractivity contribution is -0.119. The zero-order valence-electron chi connectivity index (χ0n) is 10.7. The fraction of sp³-hybridized carbons (Fsp3) is 0.786. The zero-order valence-corrected chi connectivity index (χ0v) is 11.5. The lowest BCUT2D eigenvalue weighted by Crippen LogP contribution is -2.40. The highest BCUT2D eigenvalue weighted by molar-refractivity contribution is 8.00. The van der Waals surface area contributed by atoms with E-state index in [0.717, 1.165) is 23.5 Å². The molecular weight excluding hydrogens is 230 g/mol. The van der Waals surface area contributed by atoms with E-state index in [0.29, 0.717) is 11.8 Å². The van der Waals surface area contributed by atoms with Crippen molar-refractivity contribution < 1.29 is 4.79 Å². The Hall–Kier alpha value is -0.440.